The van der Waals surface area contributed by atoms with Gasteiger partial charge in [0.1, 0.15) is 13.2 Å². The molecule has 104 valence electrons. The van der Waals surface area contributed by atoms with Crippen LogP contribution in [0.2, 0.25) is 0 Å². The number of carbonyl (C=O) groups excluding carboxylic acids is 1. The number of hydrogen-bond acceptors (Lipinski definition) is 5. The molecule has 0 saturated carbocycles. The molecule has 5 heteroatoms. The molecule has 0 saturated heterocycles. The molecule has 0 bridgehead atoms. The van der Waals surface area contributed by atoms with Gasteiger partial charge in [-0.2, -0.15) is 0 Å². The SMILES string of the molecule is O=C(OCC=Cc1cccs1)OCC=Cc1cccs1. The van der Waals surface area contributed by atoms with E-state index in [0.717, 1.165) is 9.75 Å². The van der Waals surface area contributed by atoms with E-state index in [1.54, 1.807) is 34.8 Å². The van der Waals surface area contributed by atoms with E-state index >= 15 is 0 Å². The van der Waals surface area contributed by atoms with E-state index in [2.05, 4.69) is 0 Å². The van der Waals surface area contributed by atoms with Crippen LogP contribution in [0.5, 0.6) is 0 Å². The maximum Gasteiger partial charge on any atom is 0.508 e. The van der Waals surface area contributed by atoms with Crippen LogP contribution >= 0.6 is 22.7 Å². The molecule has 0 aliphatic carbocycles. The largest absolute Gasteiger partial charge is 0.508 e. The molecule has 2 rings (SSSR count). The Morgan fingerprint density at radius 2 is 1.45 bits per heavy atom. The van der Waals surface area contributed by atoms with Crippen molar-refractivity contribution in [3.05, 3.63) is 56.9 Å². The molecule has 0 amide bonds. The lowest BCUT2D eigenvalue weighted by atomic mass is 10.4. The molecule has 0 radical (unpaired) electrons. The monoisotopic (exact) mass is 306 g/mol. The van der Waals surface area contributed by atoms with Gasteiger partial charge in [0, 0.05) is 9.75 Å². The van der Waals surface area contributed by atoms with Gasteiger partial charge in [-0.05, 0) is 47.2 Å². The van der Waals surface area contributed by atoms with Crippen molar-refractivity contribution < 1.29 is 14.3 Å². The Labute approximate surface area is 125 Å². The Balaban J connectivity index is 1.58. The lowest BCUT2D eigenvalue weighted by Crippen LogP contribution is -2.07. The minimum absolute atomic E-state index is 0.214. The second-order valence-corrected chi connectivity index (χ2v) is 5.67. The fourth-order valence-electron chi connectivity index (χ4n) is 1.37. The average Bonchev–Trinajstić information content (AvgIpc) is 3.13. The van der Waals surface area contributed by atoms with Crippen molar-refractivity contribution in [3.8, 4) is 0 Å². The van der Waals surface area contributed by atoms with Crippen LogP contribution in [-0.2, 0) is 9.47 Å². The predicted octanol–water partition coefficient (Wildman–Crippen LogP) is 4.69. The zero-order chi connectivity index (χ0) is 14.0. The van der Waals surface area contributed by atoms with E-state index in [-0.39, 0.29) is 13.2 Å². The zero-order valence-electron chi connectivity index (χ0n) is 10.7. The third-order valence-electron chi connectivity index (χ3n) is 2.25. The number of hydrogen-bond donors (Lipinski definition) is 0. The Kier molecular flexibility index (Phi) is 6.07. The van der Waals surface area contributed by atoms with Crippen LogP contribution in [0.15, 0.2) is 47.2 Å². The van der Waals surface area contributed by atoms with Gasteiger partial charge in [0.05, 0.1) is 0 Å². The lowest BCUT2D eigenvalue weighted by molar-refractivity contribution is 0.0720. The second kappa shape index (κ2) is 8.35. The fourth-order valence-corrected chi connectivity index (χ4v) is 2.67. The lowest BCUT2D eigenvalue weighted by Gasteiger charge is -2.01. The van der Waals surface area contributed by atoms with Crippen LogP contribution in [-0.4, -0.2) is 19.4 Å². The first-order chi connectivity index (χ1) is 9.84. The molecule has 0 aliphatic heterocycles. The first-order valence-electron chi connectivity index (χ1n) is 6.04. The quantitative estimate of drug-likeness (QED) is 0.726. The summed E-state index contributed by atoms with van der Waals surface area (Å²) in [5.41, 5.74) is 0. The number of carbonyl (C=O) groups is 1. The topological polar surface area (TPSA) is 35.5 Å². The summed E-state index contributed by atoms with van der Waals surface area (Å²) in [6.07, 6.45) is 6.74. The summed E-state index contributed by atoms with van der Waals surface area (Å²) in [5.74, 6) is 0. The van der Waals surface area contributed by atoms with Crippen LogP contribution in [0.1, 0.15) is 9.75 Å². The Bertz CT molecular complexity index is 504. The molecule has 0 spiro atoms. The highest BCUT2D eigenvalue weighted by Gasteiger charge is 1.99. The zero-order valence-corrected chi connectivity index (χ0v) is 12.4. The molecule has 0 N–H and O–H groups in total. The summed E-state index contributed by atoms with van der Waals surface area (Å²) in [6.45, 7) is 0.427. The summed E-state index contributed by atoms with van der Waals surface area (Å²) in [7, 11) is 0. The van der Waals surface area contributed by atoms with Crippen LogP contribution in [0.25, 0.3) is 12.2 Å². The van der Waals surface area contributed by atoms with E-state index in [9.17, 15) is 4.79 Å². The molecular formula is C15H14O3S2. The molecule has 0 fully saturated rings. The molecule has 0 aromatic carbocycles. The molecular weight excluding hydrogens is 292 g/mol. The molecule has 0 atom stereocenters. The van der Waals surface area contributed by atoms with Crippen molar-refractivity contribution in [2.45, 2.75) is 0 Å². The van der Waals surface area contributed by atoms with E-state index < -0.39 is 6.16 Å². The third-order valence-corrected chi connectivity index (χ3v) is 3.92. The van der Waals surface area contributed by atoms with Crippen LogP contribution in [0.4, 0.5) is 4.79 Å². The van der Waals surface area contributed by atoms with E-state index in [4.69, 9.17) is 9.47 Å². The predicted molar refractivity (Wildman–Crippen MR) is 84.0 cm³/mol. The van der Waals surface area contributed by atoms with Gasteiger partial charge in [0.25, 0.3) is 0 Å². The standard InChI is InChI=1S/C15H14O3S2/c16-15(17-9-1-5-13-7-3-11-19-13)18-10-2-6-14-8-4-12-20-14/h1-8,11-12H,9-10H2. The van der Waals surface area contributed by atoms with Gasteiger partial charge < -0.3 is 9.47 Å². The van der Waals surface area contributed by atoms with Gasteiger partial charge >= 0.3 is 6.16 Å². The number of ether oxygens (including phenoxy) is 2. The van der Waals surface area contributed by atoms with Gasteiger partial charge in [-0.1, -0.05) is 12.1 Å². The first-order valence-corrected chi connectivity index (χ1v) is 7.80. The fraction of sp³-hybridized carbons (Fsp3) is 0.133. The minimum Gasteiger partial charge on any atom is -0.430 e. The smallest absolute Gasteiger partial charge is 0.430 e. The molecule has 0 unspecified atom stereocenters. The molecule has 2 aromatic rings. The average molecular weight is 306 g/mol. The van der Waals surface area contributed by atoms with Crippen molar-refractivity contribution in [3.63, 3.8) is 0 Å². The van der Waals surface area contributed by atoms with Gasteiger partial charge in [0.15, 0.2) is 0 Å². The summed E-state index contributed by atoms with van der Waals surface area (Å²) >= 11 is 3.26. The Morgan fingerprint density at radius 1 is 0.950 bits per heavy atom. The van der Waals surface area contributed by atoms with Crippen molar-refractivity contribution in [1.29, 1.82) is 0 Å². The molecule has 2 heterocycles. The van der Waals surface area contributed by atoms with Crippen LogP contribution in [0, 0.1) is 0 Å². The van der Waals surface area contributed by atoms with Crippen LogP contribution in [0.3, 0.4) is 0 Å². The summed E-state index contributed by atoms with van der Waals surface area (Å²) < 4.78 is 9.81. The van der Waals surface area contributed by atoms with Gasteiger partial charge in [-0.3, -0.25) is 0 Å². The second-order valence-electron chi connectivity index (χ2n) is 3.71. The van der Waals surface area contributed by atoms with E-state index in [1.807, 2.05) is 47.2 Å². The van der Waals surface area contributed by atoms with Crippen molar-refractivity contribution in [2.24, 2.45) is 0 Å². The summed E-state index contributed by atoms with van der Waals surface area (Å²) in [6, 6.07) is 7.93. The minimum atomic E-state index is -0.656. The van der Waals surface area contributed by atoms with Crippen LogP contribution < -0.4 is 0 Å². The summed E-state index contributed by atoms with van der Waals surface area (Å²) in [5, 5.41) is 3.99. The van der Waals surface area contributed by atoms with Crippen molar-refractivity contribution >= 4 is 41.0 Å². The molecule has 2 aromatic heterocycles. The van der Waals surface area contributed by atoms with Crippen molar-refractivity contribution in [2.75, 3.05) is 13.2 Å². The van der Waals surface area contributed by atoms with E-state index in [0.29, 0.717) is 0 Å². The third kappa shape index (κ3) is 5.42. The van der Waals surface area contributed by atoms with Gasteiger partial charge in [0.2, 0.25) is 0 Å². The Morgan fingerprint density at radius 3 is 1.85 bits per heavy atom. The normalized spacial score (nSPS) is 11.2. The number of thiophene rings is 2. The van der Waals surface area contributed by atoms with E-state index in [1.165, 1.54) is 0 Å². The maximum atomic E-state index is 11.3. The highest BCUT2D eigenvalue weighted by atomic mass is 32.1. The highest BCUT2D eigenvalue weighted by Crippen LogP contribution is 2.10. The maximum absolute atomic E-state index is 11.3. The Hall–Kier alpha value is -1.85. The van der Waals surface area contributed by atoms with Gasteiger partial charge in [-0.15, -0.1) is 22.7 Å². The molecule has 20 heavy (non-hydrogen) atoms. The molecule has 3 nitrogen and oxygen atoms in total. The van der Waals surface area contributed by atoms with Gasteiger partial charge in [-0.25, -0.2) is 4.79 Å². The first kappa shape index (κ1) is 14.6. The molecule has 0 aliphatic rings. The highest BCUT2D eigenvalue weighted by molar-refractivity contribution is 7.11. The summed E-state index contributed by atoms with van der Waals surface area (Å²) in [4.78, 5) is 13.5. The number of rotatable bonds is 6. The van der Waals surface area contributed by atoms with Crippen molar-refractivity contribution in [1.82, 2.24) is 0 Å².